The highest BCUT2D eigenvalue weighted by Crippen LogP contribution is 2.23. The van der Waals surface area contributed by atoms with Crippen molar-refractivity contribution in [2.45, 2.75) is 6.92 Å². The fraction of sp³-hybridized carbons (Fsp3) is 0.167. The number of aryl methyl sites for hydroxylation is 2. The van der Waals surface area contributed by atoms with Gasteiger partial charge in [-0.05, 0) is 25.1 Å². The lowest BCUT2D eigenvalue weighted by Crippen LogP contribution is -2.00. The molecule has 17 heavy (non-hydrogen) atoms. The Bertz CT molecular complexity index is 591. The Morgan fingerprint density at radius 3 is 2.88 bits per heavy atom. The summed E-state index contributed by atoms with van der Waals surface area (Å²) < 4.78 is 1.65. The molecule has 0 aliphatic carbocycles. The zero-order chi connectivity index (χ0) is 12.4. The molecule has 1 aromatic heterocycles. The zero-order valence-corrected chi connectivity index (χ0v) is 9.73. The van der Waals surface area contributed by atoms with Crippen LogP contribution in [0.3, 0.4) is 0 Å². The Hall–Kier alpha value is -2.48. The van der Waals surface area contributed by atoms with Crippen LogP contribution in [-0.4, -0.2) is 9.78 Å². The predicted octanol–water partition coefficient (Wildman–Crippen LogP) is 1.93. The number of nitrogen functional groups attached to an aromatic ring is 1. The summed E-state index contributed by atoms with van der Waals surface area (Å²) in [6.45, 7) is 1.81. The van der Waals surface area contributed by atoms with Crippen molar-refractivity contribution in [1.29, 1.82) is 5.26 Å². The molecule has 2 aromatic rings. The molecule has 0 saturated carbocycles. The number of benzene rings is 1. The first kappa shape index (κ1) is 11.0. The number of rotatable bonds is 2. The highest BCUT2D eigenvalue weighted by Gasteiger charge is 2.12. The fourth-order valence-electron chi connectivity index (χ4n) is 1.69. The molecule has 0 unspecified atom stereocenters. The minimum atomic E-state index is 0.551. The van der Waals surface area contributed by atoms with Crippen LogP contribution in [0, 0.1) is 18.3 Å². The van der Waals surface area contributed by atoms with E-state index in [4.69, 9.17) is 11.0 Å². The van der Waals surface area contributed by atoms with Gasteiger partial charge in [-0.2, -0.15) is 10.4 Å². The fourth-order valence-corrected chi connectivity index (χ4v) is 1.69. The molecule has 0 fully saturated rings. The van der Waals surface area contributed by atoms with Crippen molar-refractivity contribution in [3.8, 4) is 6.07 Å². The third-order valence-corrected chi connectivity index (χ3v) is 2.48. The minimum absolute atomic E-state index is 0.551. The van der Waals surface area contributed by atoms with E-state index < -0.39 is 0 Å². The van der Waals surface area contributed by atoms with E-state index in [-0.39, 0.29) is 0 Å². The number of hydrogen-bond donors (Lipinski definition) is 2. The van der Waals surface area contributed by atoms with Crippen LogP contribution < -0.4 is 11.1 Å². The first-order valence-corrected chi connectivity index (χ1v) is 5.18. The predicted molar refractivity (Wildman–Crippen MR) is 66.8 cm³/mol. The SMILES string of the molecule is Cc1nn(C)c(Nc2cccc(N)c2)c1C#N. The third kappa shape index (κ3) is 2.06. The van der Waals surface area contributed by atoms with E-state index in [0.29, 0.717) is 22.8 Å². The van der Waals surface area contributed by atoms with Crippen LogP contribution in [0.1, 0.15) is 11.3 Å². The van der Waals surface area contributed by atoms with Gasteiger partial charge in [0.15, 0.2) is 0 Å². The van der Waals surface area contributed by atoms with Crippen molar-refractivity contribution in [2.75, 3.05) is 11.1 Å². The summed E-state index contributed by atoms with van der Waals surface area (Å²) in [6.07, 6.45) is 0. The molecule has 1 heterocycles. The van der Waals surface area contributed by atoms with E-state index in [2.05, 4.69) is 16.5 Å². The van der Waals surface area contributed by atoms with Crippen LogP contribution >= 0.6 is 0 Å². The van der Waals surface area contributed by atoms with Crippen molar-refractivity contribution in [1.82, 2.24) is 9.78 Å². The molecule has 86 valence electrons. The summed E-state index contributed by atoms with van der Waals surface area (Å²) in [4.78, 5) is 0. The van der Waals surface area contributed by atoms with Gasteiger partial charge in [0.2, 0.25) is 0 Å². The van der Waals surface area contributed by atoms with Crippen LogP contribution in [0.25, 0.3) is 0 Å². The third-order valence-electron chi connectivity index (χ3n) is 2.48. The van der Waals surface area contributed by atoms with Gasteiger partial charge in [-0.1, -0.05) is 6.07 Å². The van der Waals surface area contributed by atoms with Crippen LogP contribution in [-0.2, 0) is 7.05 Å². The van der Waals surface area contributed by atoms with Crippen molar-refractivity contribution < 1.29 is 0 Å². The van der Waals surface area contributed by atoms with Gasteiger partial charge in [0.1, 0.15) is 17.5 Å². The van der Waals surface area contributed by atoms with Crippen LogP contribution in [0.15, 0.2) is 24.3 Å². The van der Waals surface area contributed by atoms with E-state index >= 15 is 0 Å². The lowest BCUT2D eigenvalue weighted by Gasteiger charge is -2.07. The normalized spacial score (nSPS) is 9.94. The molecule has 0 atom stereocenters. The van der Waals surface area contributed by atoms with E-state index in [0.717, 1.165) is 5.69 Å². The maximum absolute atomic E-state index is 9.08. The van der Waals surface area contributed by atoms with Gasteiger partial charge < -0.3 is 11.1 Å². The smallest absolute Gasteiger partial charge is 0.146 e. The molecular weight excluding hydrogens is 214 g/mol. The molecule has 0 saturated heterocycles. The Kier molecular flexibility index (Phi) is 2.71. The van der Waals surface area contributed by atoms with Gasteiger partial charge in [0.25, 0.3) is 0 Å². The number of nitriles is 1. The van der Waals surface area contributed by atoms with Crippen molar-refractivity contribution >= 4 is 17.2 Å². The highest BCUT2D eigenvalue weighted by molar-refractivity contribution is 5.66. The standard InChI is InChI=1S/C12H13N5/c1-8-11(7-13)12(17(2)16-8)15-10-5-3-4-9(14)6-10/h3-6,15H,14H2,1-2H3. The topological polar surface area (TPSA) is 79.7 Å². The summed E-state index contributed by atoms with van der Waals surface area (Å²) in [6, 6.07) is 9.50. The maximum Gasteiger partial charge on any atom is 0.146 e. The van der Waals surface area contributed by atoms with Gasteiger partial charge in [0, 0.05) is 18.4 Å². The molecule has 0 bridgehead atoms. The van der Waals surface area contributed by atoms with Gasteiger partial charge >= 0.3 is 0 Å². The van der Waals surface area contributed by atoms with Crippen LogP contribution in [0.2, 0.25) is 0 Å². The molecule has 3 N–H and O–H groups in total. The molecular formula is C12H13N5. The summed E-state index contributed by atoms with van der Waals surface area (Å²) in [5.74, 6) is 0.676. The highest BCUT2D eigenvalue weighted by atomic mass is 15.3. The summed E-state index contributed by atoms with van der Waals surface area (Å²) in [7, 11) is 1.79. The molecule has 0 aliphatic rings. The first-order valence-electron chi connectivity index (χ1n) is 5.18. The minimum Gasteiger partial charge on any atom is -0.399 e. The summed E-state index contributed by atoms with van der Waals surface area (Å²) in [5, 5.41) is 16.4. The van der Waals surface area contributed by atoms with E-state index in [9.17, 15) is 0 Å². The molecule has 0 amide bonds. The zero-order valence-electron chi connectivity index (χ0n) is 9.73. The Morgan fingerprint density at radius 1 is 1.47 bits per heavy atom. The Morgan fingerprint density at radius 2 is 2.24 bits per heavy atom. The monoisotopic (exact) mass is 227 g/mol. The number of hydrogen-bond acceptors (Lipinski definition) is 4. The van der Waals surface area contributed by atoms with Gasteiger partial charge in [-0.25, -0.2) is 0 Å². The molecule has 0 spiro atoms. The lowest BCUT2D eigenvalue weighted by molar-refractivity contribution is 0.765. The van der Waals surface area contributed by atoms with Crippen molar-refractivity contribution in [3.63, 3.8) is 0 Å². The van der Waals surface area contributed by atoms with Gasteiger partial charge in [-0.3, -0.25) is 4.68 Å². The average molecular weight is 227 g/mol. The molecule has 5 nitrogen and oxygen atoms in total. The second kappa shape index (κ2) is 4.18. The van der Waals surface area contributed by atoms with E-state index in [1.165, 1.54) is 0 Å². The summed E-state index contributed by atoms with van der Waals surface area (Å²) >= 11 is 0. The van der Waals surface area contributed by atoms with Crippen LogP contribution in [0.4, 0.5) is 17.2 Å². The van der Waals surface area contributed by atoms with E-state index in [1.54, 1.807) is 11.7 Å². The number of anilines is 3. The number of nitrogens with two attached hydrogens (primary N) is 1. The van der Waals surface area contributed by atoms with Crippen molar-refractivity contribution in [2.24, 2.45) is 7.05 Å². The molecule has 1 aromatic carbocycles. The Balaban J connectivity index is 2.40. The quantitative estimate of drug-likeness (QED) is 0.768. The average Bonchev–Trinajstić information content (AvgIpc) is 2.53. The first-order chi connectivity index (χ1) is 8.11. The molecule has 0 radical (unpaired) electrons. The maximum atomic E-state index is 9.08. The second-order valence-corrected chi connectivity index (χ2v) is 3.79. The van der Waals surface area contributed by atoms with Crippen LogP contribution in [0.5, 0.6) is 0 Å². The van der Waals surface area contributed by atoms with Crippen molar-refractivity contribution in [3.05, 3.63) is 35.5 Å². The van der Waals surface area contributed by atoms with E-state index in [1.807, 2.05) is 31.2 Å². The Labute approximate surface area is 99.5 Å². The van der Waals surface area contributed by atoms with Gasteiger partial charge in [0.05, 0.1) is 5.69 Å². The largest absolute Gasteiger partial charge is 0.399 e. The second-order valence-electron chi connectivity index (χ2n) is 3.79. The molecule has 5 heteroatoms. The molecule has 0 aliphatic heterocycles. The number of nitrogens with zero attached hydrogens (tertiary/aromatic N) is 3. The molecule has 2 rings (SSSR count). The van der Waals surface area contributed by atoms with Gasteiger partial charge in [-0.15, -0.1) is 0 Å². The lowest BCUT2D eigenvalue weighted by atomic mass is 10.2. The summed E-state index contributed by atoms with van der Waals surface area (Å²) in [5.41, 5.74) is 8.47. The number of nitrogens with one attached hydrogen (secondary N) is 1. The number of aromatic nitrogens is 2.